The van der Waals surface area contributed by atoms with Crippen LogP contribution in [0.1, 0.15) is 44.9 Å². The lowest BCUT2D eigenvalue weighted by Crippen LogP contribution is -2.48. The zero-order chi connectivity index (χ0) is 16.7. The van der Waals surface area contributed by atoms with E-state index in [1.54, 1.807) is 7.05 Å². The number of nitrogens with zero attached hydrogens (tertiary/aromatic N) is 2. The number of carboxylic acid groups (broad SMARTS) is 1. The second-order valence-corrected chi connectivity index (χ2v) is 9.23. The van der Waals surface area contributed by atoms with Crippen molar-refractivity contribution in [1.29, 1.82) is 0 Å². The third-order valence-electron chi connectivity index (χ3n) is 5.69. The van der Waals surface area contributed by atoms with Crippen LogP contribution in [0.25, 0.3) is 0 Å². The highest BCUT2D eigenvalue weighted by Gasteiger charge is 2.46. The number of hydrogen-bond acceptors (Lipinski definition) is 4. The standard InChI is InChI=1S/C15H26N2O5S/c1-16(23(20,21)11-12-3-2-4-12)13-5-6-15(22-13)7-9-17(10-8-15)14(18)19/h12-13H,2-11H2,1H3,(H,18,19). The van der Waals surface area contributed by atoms with Crippen molar-refractivity contribution in [2.75, 3.05) is 25.9 Å². The fourth-order valence-electron chi connectivity index (χ4n) is 3.78. The summed E-state index contributed by atoms with van der Waals surface area (Å²) in [6.07, 6.45) is 4.63. The van der Waals surface area contributed by atoms with Gasteiger partial charge in [0.1, 0.15) is 6.23 Å². The van der Waals surface area contributed by atoms with E-state index in [4.69, 9.17) is 9.84 Å². The van der Waals surface area contributed by atoms with Crippen LogP contribution < -0.4 is 0 Å². The number of ether oxygens (including phenoxy) is 1. The predicted octanol–water partition coefficient (Wildman–Crippen LogP) is 1.70. The Hall–Kier alpha value is -0.860. The maximum absolute atomic E-state index is 12.5. The summed E-state index contributed by atoms with van der Waals surface area (Å²) in [5.74, 6) is 0.528. The molecule has 0 aromatic carbocycles. The van der Waals surface area contributed by atoms with Crippen LogP contribution in [0.3, 0.4) is 0 Å². The van der Waals surface area contributed by atoms with Crippen molar-refractivity contribution in [3.63, 3.8) is 0 Å². The van der Waals surface area contributed by atoms with Gasteiger partial charge in [-0.15, -0.1) is 0 Å². The van der Waals surface area contributed by atoms with E-state index in [2.05, 4.69) is 0 Å². The van der Waals surface area contributed by atoms with E-state index in [0.29, 0.717) is 38.3 Å². The quantitative estimate of drug-likeness (QED) is 0.837. The first kappa shape index (κ1) is 17.0. The highest BCUT2D eigenvalue weighted by atomic mass is 32.2. The number of hydrogen-bond donors (Lipinski definition) is 1. The molecule has 132 valence electrons. The largest absolute Gasteiger partial charge is 0.465 e. The Balaban J connectivity index is 1.57. The van der Waals surface area contributed by atoms with Crippen LogP contribution in [0.4, 0.5) is 4.79 Å². The average molecular weight is 346 g/mol. The van der Waals surface area contributed by atoms with Gasteiger partial charge in [0, 0.05) is 20.1 Å². The lowest BCUT2D eigenvalue weighted by atomic mass is 9.87. The minimum Gasteiger partial charge on any atom is -0.465 e. The van der Waals surface area contributed by atoms with Crippen LogP contribution in [0.2, 0.25) is 0 Å². The zero-order valence-electron chi connectivity index (χ0n) is 13.6. The van der Waals surface area contributed by atoms with Crippen molar-refractivity contribution in [2.24, 2.45) is 5.92 Å². The molecule has 23 heavy (non-hydrogen) atoms. The van der Waals surface area contributed by atoms with E-state index >= 15 is 0 Å². The molecule has 3 fully saturated rings. The van der Waals surface area contributed by atoms with E-state index < -0.39 is 22.3 Å². The first-order valence-electron chi connectivity index (χ1n) is 8.43. The zero-order valence-corrected chi connectivity index (χ0v) is 14.4. The molecule has 0 aromatic rings. The molecule has 1 N–H and O–H groups in total. The van der Waals surface area contributed by atoms with Gasteiger partial charge in [-0.2, -0.15) is 4.31 Å². The van der Waals surface area contributed by atoms with Crippen molar-refractivity contribution < 1.29 is 23.1 Å². The molecular formula is C15H26N2O5S. The van der Waals surface area contributed by atoms with Gasteiger partial charge in [-0.25, -0.2) is 13.2 Å². The summed E-state index contributed by atoms with van der Waals surface area (Å²) in [5.41, 5.74) is -0.350. The Morgan fingerprint density at radius 1 is 1.26 bits per heavy atom. The first-order chi connectivity index (χ1) is 10.8. The van der Waals surface area contributed by atoms with Gasteiger partial charge in [-0.05, 0) is 44.4 Å². The van der Waals surface area contributed by atoms with Crippen LogP contribution in [0.15, 0.2) is 0 Å². The van der Waals surface area contributed by atoms with Crippen LogP contribution in [0.5, 0.6) is 0 Å². The van der Waals surface area contributed by atoms with Crippen LogP contribution in [-0.2, 0) is 14.8 Å². The molecule has 0 bridgehead atoms. The maximum atomic E-state index is 12.5. The summed E-state index contributed by atoms with van der Waals surface area (Å²) in [4.78, 5) is 12.4. The Bertz CT molecular complexity index is 552. The summed E-state index contributed by atoms with van der Waals surface area (Å²) >= 11 is 0. The Labute approximate surface area is 137 Å². The van der Waals surface area contributed by atoms with E-state index in [0.717, 1.165) is 25.7 Å². The summed E-state index contributed by atoms with van der Waals surface area (Å²) in [5, 5.41) is 9.03. The molecule has 7 nitrogen and oxygen atoms in total. The highest BCUT2D eigenvalue weighted by Crippen LogP contribution is 2.40. The summed E-state index contributed by atoms with van der Waals surface area (Å²) in [6.45, 7) is 0.918. The second kappa shape index (κ2) is 6.22. The molecule has 1 atom stereocenters. The normalized spacial score (nSPS) is 28.3. The monoisotopic (exact) mass is 346 g/mol. The number of likely N-dealkylation sites (tertiary alicyclic amines) is 1. The number of sulfonamides is 1. The van der Waals surface area contributed by atoms with Gasteiger partial charge in [-0.3, -0.25) is 0 Å². The molecule has 1 saturated carbocycles. The molecule has 1 unspecified atom stereocenters. The molecule has 1 aliphatic carbocycles. The fourth-order valence-corrected chi connectivity index (χ4v) is 5.45. The van der Waals surface area contributed by atoms with Crippen molar-refractivity contribution in [2.45, 2.75) is 56.8 Å². The van der Waals surface area contributed by atoms with E-state index in [9.17, 15) is 13.2 Å². The minimum atomic E-state index is -3.28. The fraction of sp³-hybridized carbons (Fsp3) is 0.933. The molecule has 3 rings (SSSR count). The summed E-state index contributed by atoms with van der Waals surface area (Å²) < 4.78 is 32.5. The second-order valence-electron chi connectivity index (χ2n) is 7.16. The minimum absolute atomic E-state index is 0.225. The molecular weight excluding hydrogens is 320 g/mol. The Kier molecular flexibility index (Phi) is 4.59. The van der Waals surface area contributed by atoms with Gasteiger partial charge < -0.3 is 14.7 Å². The van der Waals surface area contributed by atoms with Crippen LogP contribution in [0, 0.1) is 5.92 Å². The molecule has 2 aliphatic heterocycles. The van der Waals surface area contributed by atoms with Crippen LogP contribution in [-0.4, -0.2) is 66.5 Å². The van der Waals surface area contributed by atoms with Gasteiger partial charge in [0.15, 0.2) is 0 Å². The van der Waals surface area contributed by atoms with Crippen molar-refractivity contribution in [3.8, 4) is 0 Å². The van der Waals surface area contributed by atoms with E-state index in [1.807, 2.05) is 0 Å². The number of amides is 1. The number of carbonyl (C=O) groups is 1. The average Bonchev–Trinajstić information content (AvgIpc) is 2.86. The van der Waals surface area contributed by atoms with Crippen molar-refractivity contribution >= 4 is 16.1 Å². The van der Waals surface area contributed by atoms with E-state index in [-0.39, 0.29) is 11.4 Å². The number of piperidine rings is 1. The van der Waals surface area contributed by atoms with Gasteiger partial charge in [0.05, 0.1) is 11.4 Å². The molecule has 3 aliphatic rings. The number of rotatable bonds is 4. The SMILES string of the molecule is CN(C1CCC2(CCN(C(=O)O)CC2)O1)S(=O)(=O)CC1CCC1. The molecule has 8 heteroatoms. The molecule has 1 spiro atoms. The Morgan fingerprint density at radius 2 is 1.91 bits per heavy atom. The van der Waals surface area contributed by atoms with E-state index in [1.165, 1.54) is 9.21 Å². The predicted molar refractivity (Wildman–Crippen MR) is 84.6 cm³/mol. The first-order valence-corrected chi connectivity index (χ1v) is 10.0. The van der Waals surface area contributed by atoms with Gasteiger partial charge in [0.2, 0.25) is 10.0 Å². The Morgan fingerprint density at radius 3 is 2.43 bits per heavy atom. The molecule has 0 aromatic heterocycles. The smallest absolute Gasteiger partial charge is 0.407 e. The summed E-state index contributed by atoms with van der Waals surface area (Å²) in [7, 11) is -1.66. The van der Waals surface area contributed by atoms with Crippen LogP contribution >= 0.6 is 0 Å². The molecule has 2 saturated heterocycles. The lowest BCUT2D eigenvalue weighted by molar-refractivity contribution is -0.101. The topological polar surface area (TPSA) is 87.2 Å². The molecule has 0 radical (unpaired) electrons. The summed E-state index contributed by atoms with van der Waals surface area (Å²) in [6, 6.07) is 0. The van der Waals surface area contributed by atoms with Crippen molar-refractivity contribution in [3.05, 3.63) is 0 Å². The third-order valence-corrected chi connectivity index (χ3v) is 7.70. The third kappa shape index (κ3) is 3.49. The van der Waals surface area contributed by atoms with Gasteiger partial charge >= 0.3 is 6.09 Å². The van der Waals surface area contributed by atoms with Crippen molar-refractivity contribution in [1.82, 2.24) is 9.21 Å². The highest BCUT2D eigenvalue weighted by molar-refractivity contribution is 7.89. The molecule has 1 amide bonds. The van der Waals surface area contributed by atoms with Gasteiger partial charge in [-0.1, -0.05) is 6.42 Å². The van der Waals surface area contributed by atoms with Gasteiger partial charge in [0.25, 0.3) is 0 Å². The lowest BCUT2D eigenvalue weighted by Gasteiger charge is -2.38. The maximum Gasteiger partial charge on any atom is 0.407 e. The molecule has 2 heterocycles.